The number of carbonyl (C=O) groups excluding carboxylic acids is 1. The van der Waals surface area contributed by atoms with Crippen LogP contribution in [0.25, 0.3) is 0 Å². The van der Waals surface area contributed by atoms with Crippen molar-refractivity contribution in [3.05, 3.63) is 22.4 Å². The van der Waals surface area contributed by atoms with Gasteiger partial charge in [0.15, 0.2) is 0 Å². The van der Waals surface area contributed by atoms with Gasteiger partial charge in [-0.05, 0) is 34.8 Å². The molecule has 2 heterocycles. The van der Waals surface area contributed by atoms with Crippen LogP contribution in [-0.4, -0.2) is 32.2 Å². The van der Waals surface area contributed by atoms with E-state index in [-0.39, 0.29) is 11.9 Å². The number of halogens is 1. The number of aromatic nitrogens is 1. The summed E-state index contributed by atoms with van der Waals surface area (Å²) in [7, 11) is 1.16. The van der Waals surface area contributed by atoms with E-state index in [0.29, 0.717) is 17.2 Å². The van der Waals surface area contributed by atoms with Gasteiger partial charge < -0.3 is 9.88 Å². The maximum absolute atomic E-state index is 12.0. The van der Waals surface area contributed by atoms with Crippen molar-refractivity contribution in [1.29, 1.82) is 0 Å². The van der Waals surface area contributed by atoms with E-state index in [4.69, 9.17) is 0 Å². The molecule has 1 aliphatic rings. The highest BCUT2D eigenvalue weighted by Crippen LogP contribution is 2.15. The number of rotatable bonds is 2. The molecule has 1 fully saturated rings. The minimum absolute atomic E-state index is 0.0594. The Kier molecular flexibility index (Phi) is 4.04. The number of aryl methyl sites for hydroxylation is 1. The van der Waals surface area contributed by atoms with Gasteiger partial charge in [0.1, 0.15) is 5.69 Å². The van der Waals surface area contributed by atoms with Crippen LogP contribution in [0.15, 0.2) is 16.7 Å². The topological polar surface area (TPSA) is 51.1 Å². The molecule has 1 N–H and O–H groups in total. The van der Waals surface area contributed by atoms with Crippen molar-refractivity contribution >= 4 is 32.6 Å². The van der Waals surface area contributed by atoms with Gasteiger partial charge in [0, 0.05) is 46.1 Å². The van der Waals surface area contributed by atoms with Crippen LogP contribution in [0.4, 0.5) is 0 Å². The molecule has 94 valence electrons. The standard InChI is InChI=1S/C11H15BrN2O2S/c1-14-7-8(12)6-10(14)11(15)13-9-2-4-17(16)5-3-9/h6-7,9H,2-5H2,1H3,(H,13,15). The molecule has 0 bridgehead atoms. The molecule has 0 unspecified atom stereocenters. The molecule has 1 aromatic rings. The number of nitrogens with zero attached hydrogens (tertiary/aromatic N) is 1. The van der Waals surface area contributed by atoms with Crippen LogP contribution >= 0.6 is 15.9 Å². The van der Waals surface area contributed by atoms with E-state index in [1.807, 2.05) is 13.2 Å². The van der Waals surface area contributed by atoms with Gasteiger partial charge in [-0.2, -0.15) is 0 Å². The van der Waals surface area contributed by atoms with Gasteiger partial charge in [-0.15, -0.1) is 0 Å². The maximum atomic E-state index is 12.0. The van der Waals surface area contributed by atoms with Crippen LogP contribution in [0.1, 0.15) is 23.3 Å². The Bertz CT molecular complexity index is 448. The first-order valence-electron chi connectivity index (χ1n) is 5.54. The molecule has 6 heteroatoms. The van der Waals surface area contributed by atoms with Crippen molar-refractivity contribution < 1.29 is 9.00 Å². The van der Waals surface area contributed by atoms with Crippen LogP contribution < -0.4 is 5.32 Å². The lowest BCUT2D eigenvalue weighted by Crippen LogP contribution is -2.40. The fourth-order valence-electron chi connectivity index (χ4n) is 1.95. The maximum Gasteiger partial charge on any atom is 0.268 e. The van der Waals surface area contributed by atoms with Gasteiger partial charge in [-0.25, -0.2) is 0 Å². The number of amides is 1. The Morgan fingerprint density at radius 1 is 1.53 bits per heavy atom. The van der Waals surface area contributed by atoms with Gasteiger partial charge in [0.25, 0.3) is 5.91 Å². The highest BCUT2D eigenvalue weighted by molar-refractivity contribution is 9.10. The SMILES string of the molecule is Cn1cc(Br)cc1C(=O)NC1CCS(=O)CC1. The molecule has 1 aliphatic heterocycles. The number of hydrogen-bond donors (Lipinski definition) is 1. The van der Waals surface area contributed by atoms with E-state index in [1.54, 1.807) is 10.6 Å². The average molecular weight is 319 g/mol. The zero-order chi connectivity index (χ0) is 12.4. The Hall–Kier alpha value is -0.620. The van der Waals surface area contributed by atoms with Gasteiger partial charge in [-0.3, -0.25) is 9.00 Å². The van der Waals surface area contributed by atoms with Crippen molar-refractivity contribution in [2.75, 3.05) is 11.5 Å². The Morgan fingerprint density at radius 3 is 2.71 bits per heavy atom. The van der Waals surface area contributed by atoms with Crippen molar-refractivity contribution in [3.8, 4) is 0 Å². The summed E-state index contributed by atoms with van der Waals surface area (Å²) in [6.45, 7) is 0. The van der Waals surface area contributed by atoms with Crippen molar-refractivity contribution in [3.63, 3.8) is 0 Å². The summed E-state index contributed by atoms with van der Waals surface area (Å²) >= 11 is 3.34. The van der Waals surface area contributed by atoms with Gasteiger partial charge >= 0.3 is 0 Å². The van der Waals surface area contributed by atoms with Crippen LogP contribution in [0.3, 0.4) is 0 Å². The molecule has 0 saturated carbocycles. The van der Waals surface area contributed by atoms with Gasteiger partial charge in [0.2, 0.25) is 0 Å². The van der Waals surface area contributed by atoms with Gasteiger partial charge in [-0.1, -0.05) is 0 Å². The van der Waals surface area contributed by atoms with Crippen LogP contribution in [0.5, 0.6) is 0 Å². The summed E-state index contributed by atoms with van der Waals surface area (Å²) in [5.74, 6) is 1.33. The summed E-state index contributed by atoms with van der Waals surface area (Å²) in [6, 6.07) is 1.96. The third-order valence-electron chi connectivity index (χ3n) is 2.93. The normalized spacial score (nSPS) is 24.6. The molecule has 2 rings (SSSR count). The molecule has 0 aliphatic carbocycles. The highest BCUT2D eigenvalue weighted by atomic mass is 79.9. The second-order valence-corrected chi connectivity index (χ2v) is 6.86. The summed E-state index contributed by atoms with van der Waals surface area (Å²) < 4.78 is 13.9. The molecule has 17 heavy (non-hydrogen) atoms. The lowest BCUT2D eigenvalue weighted by atomic mass is 10.1. The Morgan fingerprint density at radius 2 is 2.18 bits per heavy atom. The minimum atomic E-state index is -0.684. The summed E-state index contributed by atoms with van der Waals surface area (Å²) in [5, 5.41) is 2.99. The number of carbonyl (C=O) groups is 1. The first-order chi connectivity index (χ1) is 8.06. The van der Waals surface area contributed by atoms with Gasteiger partial charge in [0.05, 0.1) is 0 Å². The predicted molar refractivity (Wildman–Crippen MR) is 71.5 cm³/mol. The molecular weight excluding hydrogens is 304 g/mol. The van der Waals surface area contributed by atoms with E-state index in [1.165, 1.54) is 0 Å². The van der Waals surface area contributed by atoms with Crippen LogP contribution in [-0.2, 0) is 17.8 Å². The Balaban J connectivity index is 1.97. The molecule has 0 aromatic carbocycles. The first kappa shape index (κ1) is 12.8. The molecule has 4 nitrogen and oxygen atoms in total. The van der Waals surface area contributed by atoms with E-state index in [0.717, 1.165) is 17.3 Å². The largest absolute Gasteiger partial charge is 0.348 e. The van der Waals surface area contributed by atoms with E-state index < -0.39 is 10.8 Å². The third-order valence-corrected chi connectivity index (χ3v) is 4.74. The van der Waals surface area contributed by atoms with E-state index in [2.05, 4.69) is 21.2 Å². The zero-order valence-corrected chi connectivity index (χ0v) is 12.0. The van der Waals surface area contributed by atoms with Crippen molar-refractivity contribution in [2.45, 2.75) is 18.9 Å². The second kappa shape index (κ2) is 5.35. The van der Waals surface area contributed by atoms with E-state index >= 15 is 0 Å². The summed E-state index contributed by atoms with van der Waals surface area (Å²) in [5.41, 5.74) is 0.642. The quantitative estimate of drug-likeness (QED) is 0.896. The smallest absolute Gasteiger partial charge is 0.268 e. The zero-order valence-electron chi connectivity index (χ0n) is 9.61. The molecule has 0 radical (unpaired) electrons. The van der Waals surface area contributed by atoms with Crippen molar-refractivity contribution in [1.82, 2.24) is 9.88 Å². The molecule has 1 saturated heterocycles. The fraction of sp³-hybridized carbons (Fsp3) is 0.545. The summed E-state index contributed by atoms with van der Waals surface area (Å²) in [6.07, 6.45) is 3.47. The molecule has 0 atom stereocenters. The average Bonchev–Trinajstić information content (AvgIpc) is 2.61. The Labute approximate surface area is 111 Å². The molecule has 1 aromatic heterocycles. The van der Waals surface area contributed by atoms with Crippen molar-refractivity contribution in [2.24, 2.45) is 7.05 Å². The minimum Gasteiger partial charge on any atom is -0.348 e. The predicted octanol–water partition coefficient (Wildman–Crippen LogP) is 1.43. The number of nitrogens with one attached hydrogen (secondary N) is 1. The van der Waals surface area contributed by atoms with Crippen LogP contribution in [0, 0.1) is 0 Å². The molecule has 1 amide bonds. The molecule has 0 spiro atoms. The summed E-state index contributed by atoms with van der Waals surface area (Å²) in [4.78, 5) is 12.0. The molecular formula is C11H15BrN2O2S. The monoisotopic (exact) mass is 318 g/mol. The first-order valence-corrected chi connectivity index (χ1v) is 7.82. The highest BCUT2D eigenvalue weighted by Gasteiger charge is 2.21. The van der Waals surface area contributed by atoms with Crippen LogP contribution in [0.2, 0.25) is 0 Å². The lowest BCUT2D eigenvalue weighted by molar-refractivity contribution is 0.0926. The van der Waals surface area contributed by atoms with E-state index in [9.17, 15) is 9.00 Å². The fourth-order valence-corrected chi connectivity index (χ4v) is 3.77. The third kappa shape index (κ3) is 3.19. The number of hydrogen-bond acceptors (Lipinski definition) is 2. The lowest BCUT2D eigenvalue weighted by Gasteiger charge is -2.22. The second-order valence-electron chi connectivity index (χ2n) is 4.25.